The standard InChI is InChI=1S/C29H29N5O3/c1-21-7-9-24(10-8-21)28-31-26(37-32-28)20-33-15-17-34(18-16-33)27(35)19-30-29(36)25-13-11-23(12-14-25)22-5-3-2-4-6-22/h2-14H,15-20H2,1H3,(H,30,36). The second kappa shape index (κ2) is 11.2. The molecule has 0 unspecified atom stereocenters. The maximum atomic E-state index is 12.7. The number of benzene rings is 3. The van der Waals surface area contributed by atoms with Gasteiger partial charge >= 0.3 is 0 Å². The second-order valence-corrected chi connectivity index (χ2v) is 9.16. The van der Waals surface area contributed by atoms with Gasteiger partial charge in [0.2, 0.25) is 17.6 Å². The number of hydrogen-bond donors (Lipinski definition) is 1. The van der Waals surface area contributed by atoms with E-state index in [1.54, 1.807) is 17.0 Å². The third-order valence-electron chi connectivity index (χ3n) is 6.52. The van der Waals surface area contributed by atoms with Gasteiger partial charge in [-0.2, -0.15) is 4.98 Å². The summed E-state index contributed by atoms with van der Waals surface area (Å²) in [7, 11) is 0. The van der Waals surface area contributed by atoms with Crippen molar-refractivity contribution >= 4 is 11.8 Å². The third kappa shape index (κ3) is 6.10. The molecule has 0 radical (unpaired) electrons. The minimum absolute atomic E-state index is 0.0250. The van der Waals surface area contributed by atoms with Crippen molar-refractivity contribution < 1.29 is 14.1 Å². The molecule has 37 heavy (non-hydrogen) atoms. The van der Waals surface area contributed by atoms with Crippen LogP contribution in [-0.4, -0.2) is 64.5 Å². The van der Waals surface area contributed by atoms with Crippen LogP contribution < -0.4 is 5.32 Å². The second-order valence-electron chi connectivity index (χ2n) is 9.16. The Labute approximate surface area is 215 Å². The maximum Gasteiger partial charge on any atom is 0.251 e. The highest BCUT2D eigenvalue weighted by molar-refractivity contribution is 5.96. The number of carbonyl (C=O) groups is 2. The van der Waals surface area contributed by atoms with Crippen molar-refractivity contribution in [3.8, 4) is 22.5 Å². The molecule has 4 aromatic rings. The number of aromatic nitrogens is 2. The molecule has 0 atom stereocenters. The van der Waals surface area contributed by atoms with E-state index in [1.807, 2.05) is 73.7 Å². The fraction of sp³-hybridized carbons (Fsp3) is 0.241. The molecule has 8 heteroatoms. The molecule has 1 aromatic heterocycles. The minimum atomic E-state index is -0.257. The average Bonchev–Trinajstić information content (AvgIpc) is 3.41. The predicted octanol–water partition coefficient (Wildman–Crippen LogP) is 3.79. The van der Waals surface area contributed by atoms with E-state index in [2.05, 4.69) is 20.4 Å². The number of nitrogens with one attached hydrogen (secondary N) is 1. The zero-order valence-electron chi connectivity index (χ0n) is 20.8. The van der Waals surface area contributed by atoms with Crippen molar-refractivity contribution in [3.63, 3.8) is 0 Å². The molecule has 0 spiro atoms. The van der Waals surface area contributed by atoms with E-state index >= 15 is 0 Å². The SMILES string of the molecule is Cc1ccc(-c2noc(CN3CCN(C(=O)CNC(=O)c4ccc(-c5ccccc5)cc4)CC3)n2)cc1. The molecule has 188 valence electrons. The first-order chi connectivity index (χ1) is 18.0. The number of carbonyl (C=O) groups excluding carboxylic acids is 2. The Balaban J connectivity index is 1.07. The summed E-state index contributed by atoms with van der Waals surface area (Å²) in [5.41, 5.74) is 4.76. The van der Waals surface area contributed by atoms with Crippen LogP contribution in [0, 0.1) is 6.92 Å². The van der Waals surface area contributed by atoms with Gasteiger partial charge in [0.05, 0.1) is 13.1 Å². The lowest BCUT2D eigenvalue weighted by Crippen LogP contribution is -2.50. The Bertz CT molecular complexity index is 1340. The molecule has 1 fully saturated rings. The monoisotopic (exact) mass is 495 g/mol. The molecular formula is C29H29N5O3. The van der Waals surface area contributed by atoms with Gasteiger partial charge in [0, 0.05) is 37.3 Å². The molecule has 1 saturated heterocycles. The van der Waals surface area contributed by atoms with Gasteiger partial charge in [-0.3, -0.25) is 14.5 Å². The van der Waals surface area contributed by atoms with Crippen molar-refractivity contribution in [1.29, 1.82) is 0 Å². The van der Waals surface area contributed by atoms with Gasteiger partial charge in [-0.05, 0) is 30.2 Å². The largest absolute Gasteiger partial charge is 0.343 e. The average molecular weight is 496 g/mol. The van der Waals surface area contributed by atoms with E-state index in [-0.39, 0.29) is 18.4 Å². The van der Waals surface area contributed by atoms with Crippen molar-refractivity contribution in [2.45, 2.75) is 13.5 Å². The number of piperazine rings is 1. The van der Waals surface area contributed by atoms with Gasteiger partial charge in [-0.25, -0.2) is 0 Å². The van der Waals surface area contributed by atoms with Crippen LogP contribution in [0.4, 0.5) is 0 Å². The number of rotatable bonds is 7. The van der Waals surface area contributed by atoms with Gasteiger partial charge in [0.15, 0.2) is 0 Å². The smallest absolute Gasteiger partial charge is 0.251 e. The first-order valence-electron chi connectivity index (χ1n) is 12.4. The Morgan fingerprint density at radius 1 is 0.838 bits per heavy atom. The van der Waals surface area contributed by atoms with Crippen molar-refractivity contribution in [2.24, 2.45) is 0 Å². The lowest BCUT2D eigenvalue weighted by Gasteiger charge is -2.34. The molecule has 1 aliphatic heterocycles. The third-order valence-corrected chi connectivity index (χ3v) is 6.52. The first kappa shape index (κ1) is 24.4. The minimum Gasteiger partial charge on any atom is -0.343 e. The molecular weight excluding hydrogens is 466 g/mol. The molecule has 2 heterocycles. The van der Waals surface area contributed by atoms with E-state index in [0.29, 0.717) is 50.0 Å². The maximum absolute atomic E-state index is 12.7. The highest BCUT2D eigenvalue weighted by Crippen LogP contribution is 2.19. The Morgan fingerprint density at radius 3 is 2.19 bits per heavy atom. The van der Waals surface area contributed by atoms with E-state index < -0.39 is 0 Å². The summed E-state index contributed by atoms with van der Waals surface area (Å²) < 4.78 is 5.43. The van der Waals surface area contributed by atoms with E-state index in [1.165, 1.54) is 5.56 Å². The summed E-state index contributed by atoms with van der Waals surface area (Å²) in [4.78, 5) is 33.7. The number of amides is 2. The van der Waals surface area contributed by atoms with Crippen LogP contribution in [0.5, 0.6) is 0 Å². The van der Waals surface area contributed by atoms with E-state index in [9.17, 15) is 9.59 Å². The zero-order valence-corrected chi connectivity index (χ0v) is 20.8. The zero-order chi connectivity index (χ0) is 25.6. The lowest BCUT2D eigenvalue weighted by atomic mass is 10.0. The predicted molar refractivity (Wildman–Crippen MR) is 141 cm³/mol. The fourth-order valence-electron chi connectivity index (χ4n) is 4.30. The van der Waals surface area contributed by atoms with Crippen molar-refractivity contribution in [3.05, 3.63) is 95.9 Å². The fourth-order valence-corrected chi connectivity index (χ4v) is 4.30. The summed E-state index contributed by atoms with van der Waals surface area (Å²) >= 11 is 0. The molecule has 2 amide bonds. The summed E-state index contributed by atoms with van der Waals surface area (Å²) in [6.45, 7) is 5.11. The number of aryl methyl sites for hydroxylation is 1. The number of hydrogen-bond acceptors (Lipinski definition) is 6. The molecule has 1 aliphatic rings. The van der Waals surface area contributed by atoms with Crippen LogP contribution >= 0.6 is 0 Å². The van der Waals surface area contributed by atoms with E-state index in [0.717, 1.165) is 16.7 Å². The Hall–Kier alpha value is -4.30. The van der Waals surface area contributed by atoms with Gasteiger partial charge in [0.1, 0.15) is 0 Å². The molecule has 1 N–H and O–H groups in total. The molecule has 0 bridgehead atoms. The summed E-state index contributed by atoms with van der Waals surface area (Å²) in [5, 5.41) is 6.84. The van der Waals surface area contributed by atoms with Crippen LogP contribution in [0.2, 0.25) is 0 Å². The van der Waals surface area contributed by atoms with Gasteiger partial charge in [-0.15, -0.1) is 0 Å². The van der Waals surface area contributed by atoms with Gasteiger partial charge < -0.3 is 14.7 Å². The van der Waals surface area contributed by atoms with Crippen LogP contribution in [0.15, 0.2) is 83.4 Å². The van der Waals surface area contributed by atoms with Crippen molar-refractivity contribution in [1.82, 2.24) is 25.3 Å². The molecule has 0 aliphatic carbocycles. The van der Waals surface area contributed by atoms with E-state index in [4.69, 9.17) is 4.52 Å². The lowest BCUT2D eigenvalue weighted by molar-refractivity contribution is -0.131. The van der Waals surface area contributed by atoms with Crippen molar-refractivity contribution in [2.75, 3.05) is 32.7 Å². The van der Waals surface area contributed by atoms with Crippen LogP contribution in [0.3, 0.4) is 0 Å². The highest BCUT2D eigenvalue weighted by atomic mass is 16.5. The molecule has 8 nitrogen and oxygen atoms in total. The number of nitrogens with zero attached hydrogens (tertiary/aromatic N) is 4. The Kier molecular flexibility index (Phi) is 7.37. The van der Waals surface area contributed by atoms with Crippen LogP contribution in [0.25, 0.3) is 22.5 Å². The van der Waals surface area contributed by atoms with Crippen LogP contribution in [-0.2, 0) is 11.3 Å². The first-order valence-corrected chi connectivity index (χ1v) is 12.4. The summed E-state index contributed by atoms with van der Waals surface area (Å²) in [5.74, 6) is 0.788. The van der Waals surface area contributed by atoms with Crippen LogP contribution in [0.1, 0.15) is 21.8 Å². The normalized spacial score (nSPS) is 13.9. The molecule has 0 saturated carbocycles. The quantitative estimate of drug-likeness (QED) is 0.420. The molecule has 5 rings (SSSR count). The molecule has 3 aromatic carbocycles. The summed E-state index contributed by atoms with van der Waals surface area (Å²) in [6.07, 6.45) is 0. The highest BCUT2D eigenvalue weighted by Gasteiger charge is 2.23. The van der Waals surface area contributed by atoms with Gasteiger partial charge in [0.25, 0.3) is 5.91 Å². The van der Waals surface area contributed by atoms with Gasteiger partial charge in [-0.1, -0.05) is 77.5 Å². The summed E-state index contributed by atoms with van der Waals surface area (Å²) in [6, 6.07) is 25.4. The Morgan fingerprint density at radius 2 is 1.49 bits per heavy atom. The topological polar surface area (TPSA) is 91.6 Å².